The zero-order chi connectivity index (χ0) is 21.1. The van der Waals surface area contributed by atoms with Gasteiger partial charge in [-0.3, -0.25) is 0 Å². The van der Waals surface area contributed by atoms with Crippen molar-refractivity contribution in [3.63, 3.8) is 0 Å². The second-order valence-corrected chi connectivity index (χ2v) is 7.58. The van der Waals surface area contributed by atoms with Crippen LogP contribution in [-0.4, -0.2) is 63.4 Å². The monoisotopic (exact) mass is 419 g/mol. The molecule has 3 aromatic rings. The van der Waals surface area contributed by atoms with Crippen LogP contribution in [0.25, 0.3) is 16.9 Å². The Balaban J connectivity index is 1.47. The van der Waals surface area contributed by atoms with Crippen LogP contribution in [0.4, 0.5) is 24.8 Å². The molecule has 1 aliphatic heterocycles. The summed E-state index contributed by atoms with van der Waals surface area (Å²) in [5.41, 5.74) is 2.27. The molecule has 0 unspecified atom stereocenters. The average Bonchev–Trinajstić information content (AvgIpc) is 3.13. The molecule has 160 valence electrons. The molecule has 1 aliphatic rings. The topological polar surface area (TPSA) is 70.4 Å². The predicted octanol–water partition coefficient (Wildman–Crippen LogP) is 3.66. The lowest BCUT2D eigenvalue weighted by Crippen LogP contribution is -2.36. The van der Waals surface area contributed by atoms with E-state index in [0.29, 0.717) is 17.5 Å². The van der Waals surface area contributed by atoms with Crippen LogP contribution >= 0.6 is 0 Å². The molecule has 4 rings (SSSR count). The number of pyridine rings is 1. The molecule has 0 radical (unpaired) electrons. The summed E-state index contributed by atoms with van der Waals surface area (Å²) >= 11 is 0. The molecular weight excluding hydrogens is 395 g/mol. The smallest absolute Gasteiger partial charge is 0.370 e. The predicted molar refractivity (Wildman–Crippen MR) is 110 cm³/mol. The van der Waals surface area contributed by atoms with E-state index in [-0.39, 0.29) is 6.54 Å². The van der Waals surface area contributed by atoms with E-state index < -0.39 is 12.6 Å². The summed E-state index contributed by atoms with van der Waals surface area (Å²) in [5, 5.41) is 10.9. The molecule has 0 aromatic carbocycles. The first kappa shape index (κ1) is 20.4. The van der Waals surface area contributed by atoms with Gasteiger partial charge in [0.25, 0.3) is 0 Å². The molecular formula is C20H24F3N7. The second kappa shape index (κ2) is 8.47. The van der Waals surface area contributed by atoms with E-state index in [1.54, 1.807) is 29.0 Å². The van der Waals surface area contributed by atoms with Crippen molar-refractivity contribution in [3.05, 3.63) is 36.7 Å². The zero-order valence-electron chi connectivity index (χ0n) is 16.7. The Labute approximate surface area is 172 Å². The van der Waals surface area contributed by atoms with Gasteiger partial charge in [-0.1, -0.05) is 0 Å². The van der Waals surface area contributed by atoms with Crippen LogP contribution in [0, 0.1) is 0 Å². The van der Waals surface area contributed by atoms with Crippen molar-refractivity contribution < 1.29 is 13.2 Å². The summed E-state index contributed by atoms with van der Waals surface area (Å²) in [6.45, 7) is 1.91. The summed E-state index contributed by atoms with van der Waals surface area (Å²) in [5.74, 6) is 1.18. The molecule has 0 spiro atoms. The highest BCUT2D eigenvalue weighted by Crippen LogP contribution is 2.23. The maximum Gasteiger partial charge on any atom is 0.390 e. The number of piperidine rings is 1. The summed E-state index contributed by atoms with van der Waals surface area (Å²) in [6, 6.07) is 7.68. The Morgan fingerprint density at radius 3 is 2.50 bits per heavy atom. The fourth-order valence-corrected chi connectivity index (χ4v) is 3.49. The van der Waals surface area contributed by atoms with Crippen molar-refractivity contribution in [2.75, 3.05) is 37.3 Å². The van der Waals surface area contributed by atoms with Crippen molar-refractivity contribution >= 4 is 17.3 Å². The van der Waals surface area contributed by atoms with Gasteiger partial charge in [0.1, 0.15) is 11.6 Å². The summed E-state index contributed by atoms with van der Waals surface area (Å²) < 4.78 is 38.6. The number of alkyl halides is 3. The third-order valence-corrected chi connectivity index (χ3v) is 5.21. The lowest BCUT2D eigenvalue weighted by molar-refractivity contribution is -0.131. The van der Waals surface area contributed by atoms with Gasteiger partial charge in [-0.15, -0.1) is 5.10 Å². The minimum absolute atomic E-state index is 0.209. The summed E-state index contributed by atoms with van der Waals surface area (Å²) in [7, 11) is 2.13. The minimum atomic E-state index is -4.19. The number of rotatable bonds is 6. The van der Waals surface area contributed by atoms with Gasteiger partial charge in [-0.25, -0.2) is 14.5 Å². The standard InChI is InChI=1S/C20H24F3N7/c1-29-10-6-15(7-11-29)27-18-4-5-19-26-13-16(30(19)28-18)14-2-3-17(25-12-14)24-9-8-20(21,22)23/h2-5,12-13,15H,6-11H2,1H3,(H,24,25)(H,27,28). The van der Waals surface area contributed by atoms with E-state index >= 15 is 0 Å². The van der Waals surface area contributed by atoms with E-state index in [2.05, 4.69) is 37.6 Å². The molecule has 7 nitrogen and oxygen atoms in total. The van der Waals surface area contributed by atoms with E-state index in [0.717, 1.165) is 43.0 Å². The number of imidazole rings is 1. The van der Waals surface area contributed by atoms with Gasteiger partial charge < -0.3 is 15.5 Å². The molecule has 10 heteroatoms. The number of nitrogens with one attached hydrogen (secondary N) is 2. The lowest BCUT2D eigenvalue weighted by Gasteiger charge is -2.29. The molecule has 2 N–H and O–H groups in total. The fraction of sp³-hybridized carbons (Fsp3) is 0.450. The molecule has 0 saturated carbocycles. The van der Waals surface area contributed by atoms with Crippen molar-refractivity contribution in [3.8, 4) is 11.3 Å². The molecule has 30 heavy (non-hydrogen) atoms. The number of anilines is 2. The minimum Gasteiger partial charge on any atom is -0.370 e. The second-order valence-electron chi connectivity index (χ2n) is 7.58. The third kappa shape index (κ3) is 4.99. The van der Waals surface area contributed by atoms with Crippen LogP contribution in [0.1, 0.15) is 19.3 Å². The largest absolute Gasteiger partial charge is 0.390 e. The highest BCUT2D eigenvalue weighted by atomic mass is 19.4. The van der Waals surface area contributed by atoms with Crippen molar-refractivity contribution in [1.29, 1.82) is 0 Å². The molecule has 0 aliphatic carbocycles. The summed E-state index contributed by atoms with van der Waals surface area (Å²) in [4.78, 5) is 10.9. The van der Waals surface area contributed by atoms with Crippen LogP contribution in [0.2, 0.25) is 0 Å². The maximum absolute atomic E-state index is 12.3. The van der Waals surface area contributed by atoms with Crippen molar-refractivity contribution in [2.24, 2.45) is 0 Å². The molecule has 1 fully saturated rings. The van der Waals surface area contributed by atoms with E-state index in [1.165, 1.54) is 0 Å². The Morgan fingerprint density at radius 2 is 1.80 bits per heavy atom. The van der Waals surface area contributed by atoms with Gasteiger partial charge in [0, 0.05) is 24.3 Å². The molecule has 0 amide bonds. The Hall–Kier alpha value is -2.88. The van der Waals surface area contributed by atoms with Gasteiger partial charge in [0.05, 0.1) is 18.3 Å². The first-order chi connectivity index (χ1) is 14.4. The van der Waals surface area contributed by atoms with Crippen LogP contribution < -0.4 is 10.6 Å². The summed E-state index contributed by atoms with van der Waals surface area (Å²) in [6.07, 6.45) is 0.377. The lowest BCUT2D eigenvalue weighted by atomic mass is 10.1. The van der Waals surface area contributed by atoms with Crippen LogP contribution in [0.3, 0.4) is 0 Å². The number of fused-ring (bicyclic) bond motifs is 1. The van der Waals surface area contributed by atoms with Crippen LogP contribution in [-0.2, 0) is 0 Å². The van der Waals surface area contributed by atoms with Crippen molar-refractivity contribution in [2.45, 2.75) is 31.5 Å². The Morgan fingerprint density at radius 1 is 1.03 bits per heavy atom. The Bertz CT molecular complexity index is 976. The highest BCUT2D eigenvalue weighted by Gasteiger charge is 2.26. The van der Waals surface area contributed by atoms with E-state index in [4.69, 9.17) is 0 Å². The molecule has 3 aromatic heterocycles. The molecule has 1 saturated heterocycles. The van der Waals surface area contributed by atoms with E-state index in [1.807, 2.05) is 12.1 Å². The quantitative estimate of drug-likeness (QED) is 0.636. The first-order valence-corrected chi connectivity index (χ1v) is 9.94. The van der Waals surface area contributed by atoms with E-state index in [9.17, 15) is 13.2 Å². The number of nitrogens with zero attached hydrogens (tertiary/aromatic N) is 5. The van der Waals surface area contributed by atoms with Gasteiger partial charge in [-0.2, -0.15) is 13.2 Å². The number of likely N-dealkylation sites (tertiary alicyclic amines) is 1. The third-order valence-electron chi connectivity index (χ3n) is 5.21. The number of aromatic nitrogens is 4. The SMILES string of the molecule is CN1CCC(Nc2ccc3ncc(-c4ccc(NCCC(F)(F)F)nc4)n3n2)CC1. The van der Waals surface area contributed by atoms with Crippen molar-refractivity contribution in [1.82, 2.24) is 24.5 Å². The molecule has 0 atom stereocenters. The van der Waals surface area contributed by atoms with Crippen LogP contribution in [0.5, 0.6) is 0 Å². The zero-order valence-corrected chi connectivity index (χ0v) is 16.7. The average molecular weight is 419 g/mol. The first-order valence-electron chi connectivity index (χ1n) is 9.94. The maximum atomic E-state index is 12.3. The fourth-order valence-electron chi connectivity index (χ4n) is 3.49. The molecule has 0 bridgehead atoms. The van der Waals surface area contributed by atoms with Gasteiger partial charge in [0.2, 0.25) is 0 Å². The highest BCUT2D eigenvalue weighted by molar-refractivity contribution is 5.64. The number of halogens is 3. The van der Waals surface area contributed by atoms with Gasteiger partial charge >= 0.3 is 6.18 Å². The van der Waals surface area contributed by atoms with Crippen LogP contribution in [0.15, 0.2) is 36.7 Å². The normalized spacial score (nSPS) is 16.1. The van der Waals surface area contributed by atoms with Gasteiger partial charge in [-0.05, 0) is 57.2 Å². The number of hydrogen-bond acceptors (Lipinski definition) is 6. The van der Waals surface area contributed by atoms with Gasteiger partial charge in [0.15, 0.2) is 5.65 Å². The Kier molecular flexibility index (Phi) is 5.76. The number of hydrogen-bond donors (Lipinski definition) is 2. The molecule has 4 heterocycles.